The van der Waals surface area contributed by atoms with E-state index in [1.165, 1.54) is 4.31 Å². The van der Waals surface area contributed by atoms with Crippen LogP contribution in [-0.4, -0.2) is 48.8 Å². The zero-order valence-electron chi connectivity index (χ0n) is 14.4. The number of nitrogens with zero attached hydrogens (tertiary/aromatic N) is 1. The molecular formula is C16H24N2O6S. The monoisotopic (exact) mass is 372 g/mol. The van der Waals surface area contributed by atoms with Crippen molar-refractivity contribution < 1.29 is 27.5 Å². The Balaban J connectivity index is 1.98. The molecule has 0 radical (unpaired) electrons. The summed E-state index contributed by atoms with van der Waals surface area (Å²) < 4.78 is 31.2. The van der Waals surface area contributed by atoms with Crippen molar-refractivity contribution in [3.8, 4) is 0 Å². The number of rotatable bonds is 7. The third-order valence-electron chi connectivity index (χ3n) is 4.54. The average Bonchev–Trinajstić information content (AvgIpc) is 3.10. The number of carboxylic acids is 1. The molecule has 2 N–H and O–H groups in total. The highest BCUT2D eigenvalue weighted by molar-refractivity contribution is 7.89. The Bertz CT molecular complexity index is 715. The van der Waals surface area contributed by atoms with Gasteiger partial charge in [0.05, 0.1) is 0 Å². The number of carbonyl (C=O) groups excluding carboxylic acids is 1. The van der Waals surface area contributed by atoms with E-state index in [0.717, 1.165) is 25.0 Å². The fourth-order valence-corrected chi connectivity index (χ4v) is 4.25. The van der Waals surface area contributed by atoms with Gasteiger partial charge in [-0.1, -0.05) is 13.8 Å². The van der Waals surface area contributed by atoms with E-state index in [1.54, 1.807) is 0 Å². The van der Waals surface area contributed by atoms with Crippen LogP contribution >= 0.6 is 0 Å². The summed E-state index contributed by atoms with van der Waals surface area (Å²) in [5.41, 5.74) is 0. The Morgan fingerprint density at radius 1 is 1.28 bits per heavy atom. The van der Waals surface area contributed by atoms with Crippen molar-refractivity contribution in [2.75, 3.05) is 13.1 Å². The number of sulfonamides is 1. The lowest BCUT2D eigenvalue weighted by Crippen LogP contribution is -2.45. The van der Waals surface area contributed by atoms with Gasteiger partial charge in [-0.05, 0) is 37.8 Å². The van der Waals surface area contributed by atoms with Crippen LogP contribution in [0.5, 0.6) is 0 Å². The van der Waals surface area contributed by atoms with E-state index in [1.807, 2.05) is 13.8 Å². The summed E-state index contributed by atoms with van der Waals surface area (Å²) in [5.74, 6) is -1.98. The molecule has 0 saturated carbocycles. The number of hydrogen-bond acceptors (Lipinski definition) is 5. The normalized spacial score (nSPS) is 16.9. The van der Waals surface area contributed by atoms with Crippen LogP contribution in [0.1, 0.15) is 50.1 Å². The molecule has 0 spiro atoms. The molecule has 0 aliphatic carbocycles. The minimum absolute atomic E-state index is 0.0306. The SMILES string of the molecule is CCC(CC)NC(=O)C1CCN(S(=O)(=O)c2ccc(C(=O)O)o2)CC1. The molecule has 0 bridgehead atoms. The molecule has 0 atom stereocenters. The van der Waals surface area contributed by atoms with Gasteiger partial charge < -0.3 is 14.8 Å². The summed E-state index contributed by atoms with van der Waals surface area (Å²) in [6.45, 7) is 4.43. The Kier molecular flexibility index (Phi) is 6.23. The molecule has 25 heavy (non-hydrogen) atoms. The maximum atomic E-state index is 12.5. The lowest BCUT2D eigenvalue weighted by atomic mass is 9.96. The summed E-state index contributed by atoms with van der Waals surface area (Å²) in [7, 11) is -3.88. The minimum Gasteiger partial charge on any atom is -0.475 e. The summed E-state index contributed by atoms with van der Waals surface area (Å²) >= 11 is 0. The fraction of sp³-hybridized carbons (Fsp3) is 0.625. The van der Waals surface area contributed by atoms with Gasteiger partial charge in [-0.15, -0.1) is 0 Å². The minimum atomic E-state index is -3.88. The van der Waals surface area contributed by atoms with E-state index in [0.29, 0.717) is 12.8 Å². The second-order valence-corrected chi connectivity index (χ2v) is 7.99. The van der Waals surface area contributed by atoms with E-state index in [9.17, 15) is 18.0 Å². The first-order valence-electron chi connectivity index (χ1n) is 8.43. The van der Waals surface area contributed by atoms with E-state index in [-0.39, 0.29) is 36.0 Å². The van der Waals surface area contributed by atoms with Gasteiger partial charge in [-0.2, -0.15) is 4.31 Å². The molecule has 1 aliphatic rings. The van der Waals surface area contributed by atoms with Crippen molar-refractivity contribution in [1.29, 1.82) is 0 Å². The first-order chi connectivity index (χ1) is 11.8. The van der Waals surface area contributed by atoms with Crippen molar-refractivity contribution in [2.24, 2.45) is 5.92 Å². The van der Waals surface area contributed by atoms with Gasteiger partial charge in [0, 0.05) is 25.0 Å². The number of aromatic carboxylic acids is 1. The van der Waals surface area contributed by atoms with Gasteiger partial charge in [-0.25, -0.2) is 13.2 Å². The van der Waals surface area contributed by atoms with Gasteiger partial charge in [0.1, 0.15) is 0 Å². The Labute approximate surface area is 147 Å². The first kappa shape index (κ1) is 19.5. The molecule has 0 aromatic carbocycles. The fourth-order valence-electron chi connectivity index (χ4n) is 2.87. The quantitative estimate of drug-likeness (QED) is 0.752. The maximum Gasteiger partial charge on any atom is 0.371 e. The van der Waals surface area contributed by atoms with Crippen LogP contribution in [0.3, 0.4) is 0 Å². The zero-order valence-corrected chi connectivity index (χ0v) is 15.2. The van der Waals surface area contributed by atoms with E-state index in [4.69, 9.17) is 9.52 Å². The molecule has 1 amide bonds. The van der Waals surface area contributed by atoms with Gasteiger partial charge >= 0.3 is 5.97 Å². The highest BCUT2D eigenvalue weighted by Crippen LogP contribution is 2.25. The maximum absolute atomic E-state index is 12.5. The van der Waals surface area contributed by atoms with Crippen LogP contribution in [0.2, 0.25) is 0 Å². The Hall–Kier alpha value is -1.87. The average molecular weight is 372 g/mol. The number of piperidine rings is 1. The van der Waals surface area contributed by atoms with Crippen LogP contribution in [0.15, 0.2) is 21.6 Å². The highest BCUT2D eigenvalue weighted by Gasteiger charge is 2.34. The number of carboxylic acid groups (broad SMARTS) is 1. The molecule has 1 aliphatic heterocycles. The van der Waals surface area contributed by atoms with Gasteiger partial charge in [0.25, 0.3) is 10.0 Å². The third kappa shape index (κ3) is 4.40. The molecule has 9 heteroatoms. The van der Waals surface area contributed by atoms with E-state index < -0.39 is 21.8 Å². The molecule has 1 aromatic rings. The molecule has 2 heterocycles. The molecule has 140 valence electrons. The number of carbonyl (C=O) groups is 2. The molecule has 8 nitrogen and oxygen atoms in total. The smallest absolute Gasteiger partial charge is 0.371 e. The summed E-state index contributed by atoms with van der Waals surface area (Å²) in [5, 5.41) is 11.4. The number of hydrogen-bond donors (Lipinski definition) is 2. The van der Waals surface area contributed by atoms with Crippen LogP contribution in [-0.2, 0) is 14.8 Å². The summed E-state index contributed by atoms with van der Waals surface area (Å²) in [6, 6.07) is 2.40. The zero-order chi connectivity index (χ0) is 18.6. The van der Waals surface area contributed by atoms with Crippen molar-refractivity contribution in [3.05, 3.63) is 17.9 Å². The van der Waals surface area contributed by atoms with E-state index >= 15 is 0 Å². The van der Waals surface area contributed by atoms with Gasteiger partial charge in [0.15, 0.2) is 0 Å². The number of nitrogens with one attached hydrogen (secondary N) is 1. The molecule has 0 unspecified atom stereocenters. The predicted molar refractivity (Wildman–Crippen MR) is 89.7 cm³/mol. The predicted octanol–water partition coefficient (Wildman–Crippen LogP) is 1.68. The Morgan fingerprint density at radius 3 is 2.36 bits per heavy atom. The summed E-state index contributed by atoms with van der Waals surface area (Å²) in [4.78, 5) is 23.1. The molecular weight excluding hydrogens is 348 g/mol. The second kappa shape index (κ2) is 8.01. The lowest BCUT2D eigenvalue weighted by molar-refractivity contribution is -0.126. The topological polar surface area (TPSA) is 117 Å². The largest absolute Gasteiger partial charge is 0.475 e. The molecule has 1 saturated heterocycles. The Morgan fingerprint density at radius 2 is 1.88 bits per heavy atom. The molecule has 1 fully saturated rings. The van der Waals surface area contributed by atoms with Crippen LogP contribution < -0.4 is 5.32 Å². The highest BCUT2D eigenvalue weighted by atomic mass is 32.2. The van der Waals surface area contributed by atoms with Gasteiger partial charge in [-0.3, -0.25) is 4.79 Å². The first-order valence-corrected chi connectivity index (χ1v) is 9.87. The summed E-state index contributed by atoms with van der Waals surface area (Å²) in [6.07, 6.45) is 2.58. The van der Waals surface area contributed by atoms with Crippen LogP contribution in [0.4, 0.5) is 0 Å². The van der Waals surface area contributed by atoms with Crippen molar-refractivity contribution in [3.63, 3.8) is 0 Å². The lowest BCUT2D eigenvalue weighted by Gasteiger charge is -2.30. The van der Waals surface area contributed by atoms with E-state index in [2.05, 4.69) is 5.32 Å². The number of furan rings is 1. The van der Waals surface area contributed by atoms with Crippen molar-refractivity contribution >= 4 is 21.9 Å². The molecule has 1 aromatic heterocycles. The van der Waals surface area contributed by atoms with Crippen molar-refractivity contribution in [1.82, 2.24) is 9.62 Å². The third-order valence-corrected chi connectivity index (χ3v) is 6.32. The van der Waals surface area contributed by atoms with Gasteiger partial charge in [0.2, 0.25) is 16.8 Å². The standard InChI is InChI=1S/C16H24N2O6S/c1-3-12(4-2)17-15(19)11-7-9-18(10-8-11)25(22,23)14-6-5-13(24-14)16(20)21/h5-6,11-12H,3-4,7-10H2,1-2H3,(H,17,19)(H,20,21). The van der Waals surface area contributed by atoms with Crippen molar-refractivity contribution in [2.45, 2.75) is 50.7 Å². The second-order valence-electron chi connectivity index (χ2n) is 6.12. The van der Waals surface area contributed by atoms with Crippen LogP contribution in [0.25, 0.3) is 0 Å². The molecule has 2 rings (SSSR count). The van der Waals surface area contributed by atoms with Crippen LogP contribution in [0, 0.1) is 5.92 Å². The number of amides is 1.